The second-order valence-corrected chi connectivity index (χ2v) is 10.9. The number of rotatable bonds is 1. The van der Waals surface area contributed by atoms with Crippen LogP contribution in [0.4, 0.5) is 4.39 Å². The standard InChI is InChI=1S/C21H25Cl2FO4/c1-18-9-15(22)21(23)11(13(18)8-20(3,28)16(18)17(26)27)7-14(24)12-6-10(25)4-5-19(12,21)2/h4-6,11,13-16,28H,7-9H2,1-3H3,(H,26,27)/t11-,13-,14-,15-,16+,18-,19-,20+,21-/m0/s1. The average Bonchev–Trinajstić information content (AvgIpc) is 2.77. The minimum atomic E-state index is -1.43. The van der Waals surface area contributed by atoms with E-state index in [1.54, 1.807) is 6.08 Å². The summed E-state index contributed by atoms with van der Waals surface area (Å²) in [4.78, 5) is 22.9. The summed E-state index contributed by atoms with van der Waals surface area (Å²) >= 11 is 14.1. The van der Waals surface area contributed by atoms with E-state index in [9.17, 15) is 19.8 Å². The molecule has 0 heterocycles. The van der Waals surface area contributed by atoms with E-state index < -0.39 is 50.7 Å². The number of allylic oxidation sites excluding steroid dienone is 4. The Labute approximate surface area is 173 Å². The third kappa shape index (κ3) is 2.27. The minimum Gasteiger partial charge on any atom is -0.481 e. The molecule has 3 fully saturated rings. The van der Waals surface area contributed by atoms with Gasteiger partial charge in [0.05, 0.1) is 21.8 Å². The molecule has 4 rings (SSSR count). The summed E-state index contributed by atoms with van der Waals surface area (Å²) in [6.07, 6.45) is 3.63. The lowest BCUT2D eigenvalue weighted by Crippen LogP contribution is -2.66. The Morgan fingerprint density at radius 3 is 2.50 bits per heavy atom. The number of carboxylic acid groups (broad SMARTS) is 1. The Bertz CT molecular complexity index is 823. The first kappa shape index (κ1) is 20.4. The van der Waals surface area contributed by atoms with Gasteiger partial charge in [0.25, 0.3) is 0 Å². The second kappa shape index (κ2) is 5.83. The molecule has 0 spiro atoms. The molecule has 0 aliphatic heterocycles. The number of carbonyl (C=O) groups is 2. The van der Waals surface area contributed by atoms with Crippen molar-refractivity contribution in [1.29, 1.82) is 0 Å². The van der Waals surface area contributed by atoms with E-state index in [0.717, 1.165) is 0 Å². The second-order valence-electron chi connectivity index (χ2n) is 9.73. The fourth-order valence-electron chi connectivity index (χ4n) is 7.06. The highest BCUT2D eigenvalue weighted by molar-refractivity contribution is 6.34. The van der Waals surface area contributed by atoms with Gasteiger partial charge in [0, 0.05) is 5.41 Å². The van der Waals surface area contributed by atoms with Crippen molar-refractivity contribution in [2.45, 2.75) is 62.1 Å². The van der Waals surface area contributed by atoms with Crippen molar-refractivity contribution in [2.24, 2.45) is 28.6 Å². The van der Waals surface area contributed by atoms with Gasteiger partial charge >= 0.3 is 5.97 Å². The zero-order valence-electron chi connectivity index (χ0n) is 16.1. The molecule has 0 aromatic carbocycles. The number of carbonyl (C=O) groups excluding carboxylic acids is 1. The maximum Gasteiger partial charge on any atom is 0.309 e. The van der Waals surface area contributed by atoms with Gasteiger partial charge in [0.2, 0.25) is 0 Å². The van der Waals surface area contributed by atoms with Gasteiger partial charge in [0.15, 0.2) is 5.78 Å². The van der Waals surface area contributed by atoms with Crippen LogP contribution in [0.25, 0.3) is 0 Å². The summed E-state index contributed by atoms with van der Waals surface area (Å²) in [7, 11) is 0. The van der Waals surface area contributed by atoms with Crippen LogP contribution < -0.4 is 0 Å². The zero-order valence-corrected chi connectivity index (χ0v) is 17.6. The van der Waals surface area contributed by atoms with Crippen LogP contribution >= 0.6 is 23.2 Å². The van der Waals surface area contributed by atoms with Crippen molar-refractivity contribution in [3.05, 3.63) is 23.8 Å². The Balaban J connectivity index is 1.88. The van der Waals surface area contributed by atoms with Crippen LogP contribution in [0.5, 0.6) is 0 Å². The monoisotopic (exact) mass is 430 g/mol. The smallest absolute Gasteiger partial charge is 0.309 e. The molecule has 0 radical (unpaired) electrons. The fourth-order valence-corrected chi connectivity index (χ4v) is 8.27. The van der Waals surface area contributed by atoms with E-state index >= 15 is 4.39 Å². The van der Waals surface area contributed by atoms with Gasteiger partial charge < -0.3 is 10.2 Å². The Kier molecular flexibility index (Phi) is 4.24. The van der Waals surface area contributed by atoms with Gasteiger partial charge in [-0.1, -0.05) is 19.9 Å². The minimum absolute atomic E-state index is 0.0674. The summed E-state index contributed by atoms with van der Waals surface area (Å²) in [5.41, 5.74) is -2.83. The van der Waals surface area contributed by atoms with Crippen LogP contribution in [-0.4, -0.2) is 44.0 Å². The molecule has 0 bridgehead atoms. The number of aliphatic hydroxyl groups is 1. The molecule has 4 aliphatic rings. The molecular weight excluding hydrogens is 406 g/mol. The molecule has 0 amide bonds. The van der Waals surface area contributed by atoms with Gasteiger partial charge in [-0.05, 0) is 61.2 Å². The van der Waals surface area contributed by atoms with Crippen LogP contribution in [0.2, 0.25) is 0 Å². The van der Waals surface area contributed by atoms with Crippen LogP contribution in [-0.2, 0) is 9.59 Å². The highest BCUT2D eigenvalue weighted by Crippen LogP contribution is 2.72. The van der Waals surface area contributed by atoms with Crippen LogP contribution in [0.15, 0.2) is 23.8 Å². The van der Waals surface area contributed by atoms with E-state index in [2.05, 4.69) is 0 Å². The van der Waals surface area contributed by atoms with E-state index in [1.165, 1.54) is 19.1 Å². The lowest BCUT2D eigenvalue weighted by atomic mass is 9.46. The van der Waals surface area contributed by atoms with E-state index in [1.807, 2.05) is 13.8 Å². The Morgan fingerprint density at radius 1 is 1.25 bits per heavy atom. The van der Waals surface area contributed by atoms with Gasteiger partial charge in [-0.15, -0.1) is 23.2 Å². The normalized spacial score (nSPS) is 55.2. The zero-order chi connectivity index (χ0) is 20.9. The number of halogens is 3. The molecule has 154 valence electrons. The SMILES string of the molecule is C[C@]12C[C@H](Cl)[C@@]3(Cl)[C@@H](C[C@H](F)C4=CC(=O)C=C[C@@]43C)[C@@H]1C[C@@](C)(O)[C@@H]2C(=O)O. The number of ketones is 1. The first-order chi connectivity index (χ1) is 12.8. The predicted octanol–water partition coefficient (Wildman–Crippen LogP) is 3.88. The number of hydrogen-bond acceptors (Lipinski definition) is 3. The maximum absolute atomic E-state index is 15.3. The summed E-state index contributed by atoms with van der Waals surface area (Å²) in [5.74, 6) is -3.06. The number of carboxylic acids is 1. The molecule has 9 atom stereocenters. The number of fused-ring (bicyclic) bond motifs is 5. The molecule has 0 aromatic rings. The van der Waals surface area contributed by atoms with E-state index in [4.69, 9.17) is 23.2 Å². The van der Waals surface area contributed by atoms with Crippen molar-refractivity contribution in [3.63, 3.8) is 0 Å². The third-order valence-electron chi connectivity index (χ3n) is 8.18. The van der Waals surface area contributed by atoms with Crippen molar-refractivity contribution in [2.75, 3.05) is 0 Å². The summed E-state index contributed by atoms with van der Waals surface area (Å²) < 4.78 is 15.3. The van der Waals surface area contributed by atoms with E-state index in [0.29, 0.717) is 12.0 Å². The quantitative estimate of drug-likeness (QED) is 0.618. The average molecular weight is 431 g/mol. The summed E-state index contributed by atoms with van der Waals surface area (Å²) in [6.45, 7) is 5.19. The van der Waals surface area contributed by atoms with E-state index in [-0.39, 0.29) is 24.5 Å². The van der Waals surface area contributed by atoms with Crippen LogP contribution in [0.1, 0.15) is 40.0 Å². The van der Waals surface area contributed by atoms with Crippen LogP contribution in [0, 0.1) is 28.6 Å². The molecule has 28 heavy (non-hydrogen) atoms. The fraction of sp³-hybridized carbons (Fsp3) is 0.714. The maximum atomic E-state index is 15.3. The molecule has 4 aliphatic carbocycles. The van der Waals surface area contributed by atoms with Crippen molar-refractivity contribution >= 4 is 35.0 Å². The van der Waals surface area contributed by atoms with Gasteiger partial charge in [0.1, 0.15) is 6.17 Å². The summed E-state index contributed by atoms with van der Waals surface area (Å²) in [5, 5.41) is 20.2. The topological polar surface area (TPSA) is 74.6 Å². The highest BCUT2D eigenvalue weighted by Gasteiger charge is 2.74. The first-order valence-corrected chi connectivity index (χ1v) is 10.5. The van der Waals surface area contributed by atoms with Gasteiger partial charge in [-0.2, -0.15) is 0 Å². The third-order valence-corrected chi connectivity index (χ3v) is 9.73. The highest BCUT2D eigenvalue weighted by atomic mass is 35.5. The molecule has 0 aromatic heterocycles. The van der Waals surface area contributed by atoms with Crippen LogP contribution in [0.3, 0.4) is 0 Å². The number of alkyl halides is 3. The largest absolute Gasteiger partial charge is 0.481 e. The first-order valence-electron chi connectivity index (χ1n) is 9.66. The van der Waals surface area contributed by atoms with Gasteiger partial charge in [-0.25, -0.2) is 4.39 Å². The lowest BCUT2D eigenvalue weighted by molar-refractivity contribution is -0.156. The lowest BCUT2D eigenvalue weighted by Gasteiger charge is -2.63. The molecule has 2 N–H and O–H groups in total. The molecule has 4 nitrogen and oxygen atoms in total. The van der Waals surface area contributed by atoms with Gasteiger partial charge in [-0.3, -0.25) is 9.59 Å². The molecule has 7 heteroatoms. The number of aliphatic carboxylic acids is 1. The molecule has 0 unspecified atom stereocenters. The molecule has 0 saturated heterocycles. The Morgan fingerprint density at radius 2 is 1.89 bits per heavy atom. The Hall–Kier alpha value is -0.910. The number of hydrogen-bond donors (Lipinski definition) is 2. The van der Waals surface area contributed by atoms with Crippen molar-refractivity contribution in [3.8, 4) is 0 Å². The summed E-state index contributed by atoms with van der Waals surface area (Å²) in [6, 6.07) is 0. The molecule has 3 saturated carbocycles. The van der Waals surface area contributed by atoms with Crippen molar-refractivity contribution in [1.82, 2.24) is 0 Å². The van der Waals surface area contributed by atoms with Crippen molar-refractivity contribution < 1.29 is 24.2 Å². The molecular formula is C21H25Cl2FO4. The predicted molar refractivity (Wildman–Crippen MR) is 104 cm³/mol.